The van der Waals surface area contributed by atoms with E-state index in [1.54, 1.807) is 24.7 Å². The van der Waals surface area contributed by atoms with E-state index in [2.05, 4.69) is 34.1 Å². The summed E-state index contributed by atoms with van der Waals surface area (Å²) in [5.41, 5.74) is 3.72. The maximum atomic E-state index is 4.77. The van der Waals surface area contributed by atoms with Crippen LogP contribution in [0.4, 0.5) is 11.8 Å². The highest BCUT2D eigenvalue weighted by atomic mass is 15.3. The Morgan fingerprint density at radius 3 is 2.48 bits per heavy atom. The fourth-order valence-corrected chi connectivity index (χ4v) is 3.49. The number of hydrogen-bond acceptors (Lipinski definition) is 7. The first-order valence-corrected chi connectivity index (χ1v) is 9.98. The lowest BCUT2D eigenvalue weighted by atomic mass is 10.1. The first-order valence-electron chi connectivity index (χ1n) is 9.98. The van der Waals surface area contributed by atoms with Crippen LogP contribution in [0.3, 0.4) is 0 Å². The average molecular weight is 414 g/mol. The molecule has 0 radical (unpaired) electrons. The van der Waals surface area contributed by atoms with Crippen molar-refractivity contribution in [1.82, 2.24) is 43.9 Å². The molecule has 0 aliphatic rings. The van der Waals surface area contributed by atoms with Gasteiger partial charge in [0.25, 0.3) is 0 Å². The highest BCUT2D eigenvalue weighted by Gasteiger charge is 2.20. The monoisotopic (exact) mass is 414 g/mol. The van der Waals surface area contributed by atoms with E-state index >= 15 is 0 Å². The molecule has 0 amide bonds. The Morgan fingerprint density at radius 2 is 1.81 bits per heavy atom. The summed E-state index contributed by atoms with van der Waals surface area (Å²) in [5, 5.41) is 12.7. The van der Waals surface area contributed by atoms with Gasteiger partial charge in [-0.15, -0.1) is 5.10 Å². The zero-order valence-electron chi connectivity index (χ0n) is 17.7. The van der Waals surface area contributed by atoms with Crippen molar-refractivity contribution in [3.63, 3.8) is 0 Å². The third kappa shape index (κ3) is 3.31. The summed E-state index contributed by atoms with van der Waals surface area (Å²) < 4.78 is 5.64. The SMILES string of the molecule is Cc1c(-c2ccn(C(C)C)n2)cn2nc(-c3nccn3C)nc(Nc3ncccn3)c12. The second-order valence-corrected chi connectivity index (χ2v) is 7.58. The van der Waals surface area contributed by atoms with Gasteiger partial charge in [-0.05, 0) is 38.5 Å². The van der Waals surface area contributed by atoms with Gasteiger partial charge in [-0.3, -0.25) is 4.68 Å². The minimum absolute atomic E-state index is 0.286. The topological polar surface area (TPSA) is 104 Å². The molecule has 1 N–H and O–H groups in total. The molecule has 0 aliphatic heterocycles. The van der Waals surface area contributed by atoms with Crippen molar-refractivity contribution >= 4 is 17.3 Å². The Labute approximate surface area is 178 Å². The Bertz CT molecular complexity index is 1360. The van der Waals surface area contributed by atoms with Gasteiger partial charge in [-0.2, -0.15) is 5.10 Å². The van der Waals surface area contributed by atoms with Crippen molar-refractivity contribution in [3.8, 4) is 22.9 Å². The quantitative estimate of drug-likeness (QED) is 0.470. The first kappa shape index (κ1) is 18.9. The minimum Gasteiger partial charge on any atom is -0.331 e. The minimum atomic E-state index is 0.286. The molecule has 5 aromatic rings. The fourth-order valence-electron chi connectivity index (χ4n) is 3.49. The third-order valence-electron chi connectivity index (χ3n) is 5.11. The maximum absolute atomic E-state index is 4.77. The van der Waals surface area contributed by atoms with Crippen molar-refractivity contribution in [2.45, 2.75) is 26.8 Å². The van der Waals surface area contributed by atoms with Crippen molar-refractivity contribution in [1.29, 1.82) is 0 Å². The van der Waals surface area contributed by atoms with Gasteiger partial charge in [0.1, 0.15) is 5.52 Å². The molecule has 0 spiro atoms. The van der Waals surface area contributed by atoms with Crippen molar-refractivity contribution in [2.75, 3.05) is 5.32 Å². The van der Waals surface area contributed by atoms with Crippen LogP contribution in [0.5, 0.6) is 0 Å². The van der Waals surface area contributed by atoms with Crippen LogP contribution >= 0.6 is 0 Å². The predicted molar refractivity (Wildman–Crippen MR) is 117 cm³/mol. The van der Waals surface area contributed by atoms with Gasteiger partial charge in [0.05, 0.1) is 5.69 Å². The van der Waals surface area contributed by atoms with Crippen LogP contribution in [0.2, 0.25) is 0 Å². The van der Waals surface area contributed by atoms with Crippen LogP contribution in [0, 0.1) is 6.92 Å². The van der Waals surface area contributed by atoms with Crippen LogP contribution in [-0.2, 0) is 7.05 Å². The van der Waals surface area contributed by atoms with E-state index in [0.29, 0.717) is 23.4 Å². The van der Waals surface area contributed by atoms with E-state index in [9.17, 15) is 0 Å². The van der Waals surface area contributed by atoms with Crippen molar-refractivity contribution in [3.05, 3.63) is 54.9 Å². The van der Waals surface area contributed by atoms with Crippen LogP contribution in [0.25, 0.3) is 28.4 Å². The molecule has 0 fully saturated rings. The zero-order chi connectivity index (χ0) is 21.5. The summed E-state index contributed by atoms with van der Waals surface area (Å²) in [7, 11) is 1.91. The number of aromatic nitrogens is 9. The number of fused-ring (bicyclic) bond motifs is 1. The molecule has 5 rings (SSSR count). The van der Waals surface area contributed by atoms with Crippen LogP contribution < -0.4 is 5.32 Å². The van der Waals surface area contributed by atoms with Crippen LogP contribution in [0.15, 0.2) is 49.3 Å². The van der Waals surface area contributed by atoms with E-state index in [1.807, 2.05) is 52.4 Å². The summed E-state index contributed by atoms with van der Waals surface area (Å²) in [4.78, 5) is 17.7. The van der Waals surface area contributed by atoms with Crippen molar-refractivity contribution in [2.24, 2.45) is 7.05 Å². The van der Waals surface area contributed by atoms with Crippen LogP contribution in [-0.4, -0.2) is 43.9 Å². The lowest BCUT2D eigenvalue weighted by Gasteiger charge is -2.09. The van der Waals surface area contributed by atoms with E-state index in [1.165, 1.54) is 0 Å². The van der Waals surface area contributed by atoms with Gasteiger partial charge in [0.15, 0.2) is 11.6 Å². The number of anilines is 2. The molecule has 31 heavy (non-hydrogen) atoms. The van der Waals surface area contributed by atoms with Crippen LogP contribution in [0.1, 0.15) is 25.5 Å². The molecule has 5 heterocycles. The number of nitrogens with one attached hydrogen (secondary N) is 1. The van der Waals surface area contributed by atoms with E-state index < -0.39 is 0 Å². The second kappa shape index (κ2) is 7.31. The maximum Gasteiger partial charge on any atom is 0.228 e. The Morgan fingerprint density at radius 1 is 1.00 bits per heavy atom. The van der Waals surface area contributed by atoms with Gasteiger partial charge in [0.2, 0.25) is 11.8 Å². The predicted octanol–water partition coefficient (Wildman–Crippen LogP) is 3.42. The van der Waals surface area contributed by atoms with Crippen molar-refractivity contribution < 1.29 is 0 Å². The highest BCUT2D eigenvalue weighted by molar-refractivity contribution is 5.83. The summed E-state index contributed by atoms with van der Waals surface area (Å²) in [6.45, 7) is 6.25. The zero-order valence-corrected chi connectivity index (χ0v) is 17.7. The molecule has 156 valence electrons. The van der Waals surface area contributed by atoms with Gasteiger partial charge >= 0.3 is 0 Å². The fraction of sp³-hybridized carbons (Fsp3) is 0.238. The molecule has 0 saturated heterocycles. The summed E-state index contributed by atoms with van der Waals surface area (Å²) >= 11 is 0. The second-order valence-electron chi connectivity index (χ2n) is 7.58. The van der Waals surface area contributed by atoms with Gasteiger partial charge in [-0.25, -0.2) is 24.5 Å². The molecule has 10 heteroatoms. The average Bonchev–Trinajstić information content (AvgIpc) is 3.47. The molecule has 0 bridgehead atoms. The smallest absolute Gasteiger partial charge is 0.228 e. The Balaban J connectivity index is 1.71. The molecular weight excluding hydrogens is 392 g/mol. The van der Waals surface area contributed by atoms with Gasteiger partial charge in [-0.1, -0.05) is 0 Å². The molecule has 5 aromatic heterocycles. The third-order valence-corrected chi connectivity index (χ3v) is 5.11. The molecule has 0 unspecified atom stereocenters. The summed E-state index contributed by atoms with van der Waals surface area (Å²) in [5.74, 6) is 2.22. The summed E-state index contributed by atoms with van der Waals surface area (Å²) in [6, 6.07) is 4.07. The number of imidazole rings is 1. The van der Waals surface area contributed by atoms with Gasteiger partial charge < -0.3 is 9.88 Å². The molecule has 0 saturated carbocycles. The number of aryl methyl sites for hydroxylation is 2. The number of hydrogen-bond donors (Lipinski definition) is 1. The number of rotatable bonds is 5. The van der Waals surface area contributed by atoms with E-state index in [4.69, 9.17) is 15.2 Å². The first-order chi connectivity index (χ1) is 15.0. The molecular formula is C21H22N10. The summed E-state index contributed by atoms with van der Waals surface area (Å²) in [6.07, 6.45) is 10.9. The van der Waals surface area contributed by atoms with E-state index in [-0.39, 0.29) is 6.04 Å². The molecule has 0 aromatic carbocycles. The lowest BCUT2D eigenvalue weighted by molar-refractivity contribution is 0.534. The molecule has 10 nitrogen and oxygen atoms in total. The normalized spacial score (nSPS) is 11.5. The number of nitrogens with zero attached hydrogens (tertiary/aromatic N) is 9. The highest BCUT2D eigenvalue weighted by Crippen LogP contribution is 2.32. The van der Waals surface area contributed by atoms with Gasteiger partial charge in [0, 0.05) is 55.8 Å². The Hall–Kier alpha value is -4.08. The standard InChI is InChI=1S/C21H22N10/c1-13(2)30-10-6-16(27-30)15-12-31-17(14(15)3)18(26-21-23-7-5-8-24-21)25-19(28-31)20-22-9-11-29(20)4/h5-13H,1-4H3,(H,23,24,25,26,28). The lowest BCUT2D eigenvalue weighted by Crippen LogP contribution is -2.07. The Kier molecular flexibility index (Phi) is 4.46. The van der Waals surface area contributed by atoms with E-state index in [0.717, 1.165) is 22.3 Å². The molecule has 0 atom stereocenters. The molecule has 0 aliphatic carbocycles. The largest absolute Gasteiger partial charge is 0.331 e.